The normalized spacial score (nSPS) is 14.6. The second-order valence-electron chi connectivity index (χ2n) is 4.12. The Morgan fingerprint density at radius 1 is 1.38 bits per heavy atom. The predicted octanol–water partition coefficient (Wildman–Crippen LogP) is 1.62. The third-order valence-electron chi connectivity index (χ3n) is 2.65. The molecule has 1 aliphatic rings. The van der Waals surface area contributed by atoms with Crippen molar-refractivity contribution < 1.29 is 9.59 Å². The van der Waals surface area contributed by atoms with E-state index >= 15 is 0 Å². The van der Waals surface area contributed by atoms with Crippen molar-refractivity contribution >= 4 is 17.5 Å². The molecule has 0 atom stereocenters. The van der Waals surface area contributed by atoms with Crippen LogP contribution in [0.1, 0.15) is 41.6 Å². The first-order valence-corrected chi connectivity index (χ1v) is 5.29. The molecule has 1 aromatic carbocycles. The van der Waals surface area contributed by atoms with E-state index in [0.29, 0.717) is 11.5 Å². The van der Waals surface area contributed by atoms with Crippen LogP contribution in [0.25, 0.3) is 0 Å². The fourth-order valence-corrected chi connectivity index (χ4v) is 1.80. The minimum Gasteiger partial charge on any atom is -0.366 e. The summed E-state index contributed by atoms with van der Waals surface area (Å²) in [5.74, 6) is -0.0962. The molecule has 1 fully saturated rings. The highest BCUT2D eigenvalue weighted by molar-refractivity contribution is 5.96. The number of carbonyl (C=O) groups is 2. The number of primary amides is 1. The lowest BCUT2D eigenvalue weighted by molar-refractivity contribution is -0.114. The molecule has 0 spiro atoms. The first kappa shape index (κ1) is 10.7. The molecular formula is C12H14N2O2. The zero-order valence-electron chi connectivity index (χ0n) is 9.12. The van der Waals surface area contributed by atoms with E-state index in [1.807, 2.05) is 6.07 Å². The molecule has 16 heavy (non-hydrogen) atoms. The van der Waals surface area contributed by atoms with Crippen LogP contribution in [-0.4, -0.2) is 11.8 Å². The number of hydrogen-bond donors (Lipinski definition) is 2. The monoisotopic (exact) mass is 218 g/mol. The number of benzene rings is 1. The molecule has 0 bridgehead atoms. The molecule has 84 valence electrons. The highest BCUT2D eigenvalue weighted by Crippen LogP contribution is 2.42. The average Bonchev–Trinajstić information content (AvgIpc) is 2.99. The molecule has 0 aromatic heterocycles. The van der Waals surface area contributed by atoms with Crippen LogP contribution in [0, 0.1) is 0 Å². The van der Waals surface area contributed by atoms with Gasteiger partial charge in [0.2, 0.25) is 11.8 Å². The van der Waals surface area contributed by atoms with E-state index in [9.17, 15) is 9.59 Å². The van der Waals surface area contributed by atoms with Gasteiger partial charge in [-0.1, -0.05) is 0 Å². The van der Waals surface area contributed by atoms with E-state index in [1.165, 1.54) is 6.92 Å². The van der Waals surface area contributed by atoms with Crippen LogP contribution >= 0.6 is 0 Å². The van der Waals surface area contributed by atoms with Crippen LogP contribution < -0.4 is 11.1 Å². The van der Waals surface area contributed by atoms with Crippen LogP contribution in [0.2, 0.25) is 0 Å². The standard InChI is InChI=1S/C12H14N2O2/c1-7(15)14-9-4-5-10(12(13)16)11(6-9)8-2-3-8/h4-6,8H,2-3H2,1H3,(H2,13,16)(H,14,15). The third kappa shape index (κ3) is 2.21. The van der Waals surface area contributed by atoms with Crippen LogP contribution in [0.4, 0.5) is 5.69 Å². The van der Waals surface area contributed by atoms with E-state index in [2.05, 4.69) is 5.32 Å². The molecule has 0 heterocycles. The molecular weight excluding hydrogens is 204 g/mol. The van der Waals surface area contributed by atoms with Crippen molar-refractivity contribution in [1.82, 2.24) is 0 Å². The summed E-state index contributed by atoms with van der Waals surface area (Å²) >= 11 is 0. The summed E-state index contributed by atoms with van der Waals surface area (Å²) in [5.41, 5.74) is 7.55. The van der Waals surface area contributed by atoms with Gasteiger partial charge in [-0.15, -0.1) is 0 Å². The van der Waals surface area contributed by atoms with Gasteiger partial charge in [-0.05, 0) is 42.5 Å². The van der Waals surface area contributed by atoms with Crippen molar-refractivity contribution in [3.8, 4) is 0 Å². The highest BCUT2D eigenvalue weighted by Gasteiger charge is 2.27. The molecule has 0 unspecified atom stereocenters. The number of anilines is 1. The number of hydrogen-bond acceptors (Lipinski definition) is 2. The lowest BCUT2D eigenvalue weighted by Crippen LogP contribution is -2.14. The Bertz CT molecular complexity index is 450. The number of nitrogens with one attached hydrogen (secondary N) is 1. The summed E-state index contributed by atoms with van der Waals surface area (Å²) in [6.07, 6.45) is 2.17. The number of carbonyl (C=O) groups excluding carboxylic acids is 2. The lowest BCUT2D eigenvalue weighted by Gasteiger charge is -2.08. The summed E-state index contributed by atoms with van der Waals surface area (Å²) in [6, 6.07) is 5.23. The topological polar surface area (TPSA) is 72.2 Å². The summed E-state index contributed by atoms with van der Waals surface area (Å²) in [7, 11) is 0. The Hall–Kier alpha value is -1.84. The third-order valence-corrected chi connectivity index (χ3v) is 2.65. The second kappa shape index (κ2) is 3.96. The molecule has 3 N–H and O–H groups in total. The van der Waals surface area contributed by atoms with Gasteiger partial charge in [-0.2, -0.15) is 0 Å². The summed E-state index contributed by atoms with van der Waals surface area (Å²) in [5, 5.41) is 2.70. The summed E-state index contributed by atoms with van der Waals surface area (Å²) in [4.78, 5) is 22.1. The Labute approximate surface area is 93.8 Å². The average molecular weight is 218 g/mol. The molecule has 0 aliphatic heterocycles. The minimum atomic E-state index is -0.406. The first-order chi connectivity index (χ1) is 7.58. The molecule has 1 saturated carbocycles. The Morgan fingerprint density at radius 2 is 2.06 bits per heavy atom. The van der Waals surface area contributed by atoms with Crippen molar-refractivity contribution in [1.29, 1.82) is 0 Å². The number of rotatable bonds is 3. The van der Waals surface area contributed by atoms with Gasteiger partial charge in [0.05, 0.1) is 0 Å². The van der Waals surface area contributed by atoms with E-state index in [0.717, 1.165) is 24.1 Å². The molecule has 4 heteroatoms. The molecule has 0 saturated heterocycles. The van der Waals surface area contributed by atoms with Crippen LogP contribution in [0.15, 0.2) is 18.2 Å². The Kier molecular flexibility index (Phi) is 2.64. The largest absolute Gasteiger partial charge is 0.366 e. The van der Waals surface area contributed by atoms with Crippen molar-refractivity contribution in [3.05, 3.63) is 29.3 Å². The van der Waals surface area contributed by atoms with Gasteiger partial charge in [0.1, 0.15) is 0 Å². The van der Waals surface area contributed by atoms with E-state index in [4.69, 9.17) is 5.73 Å². The van der Waals surface area contributed by atoms with Gasteiger partial charge in [-0.3, -0.25) is 9.59 Å². The van der Waals surface area contributed by atoms with E-state index in [1.54, 1.807) is 12.1 Å². The molecule has 2 amide bonds. The van der Waals surface area contributed by atoms with Crippen molar-refractivity contribution in [2.45, 2.75) is 25.7 Å². The van der Waals surface area contributed by atoms with Gasteiger partial charge < -0.3 is 11.1 Å². The second-order valence-corrected chi connectivity index (χ2v) is 4.12. The maximum Gasteiger partial charge on any atom is 0.248 e. The molecule has 1 aliphatic carbocycles. The van der Waals surface area contributed by atoms with Crippen LogP contribution in [0.3, 0.4) is 0 Å². The van der Waals surface area contributed by atoms with Crippen molar-refractivity contribution in [2.24, 2.45) is 5.73 Å². The van der Waals surface area contributed by atoms with E-state index in [-0.39, 0.29) is 5.91 Å². The van der Waals surface area contributed by atoms with Gasteiger partial charge in [-0.25, -0.2) is 0 Å². The van der Waals surface area contributed by atoms with Gasteiger partial charge in [0, 0.05) is 18.2 Å². The molecule has 4 nitrogen and oxygen atoms in total. The van der Waals surface area contributed by atoms with Crippen LogP contribution in [0.5, 0.6) is 0 Å². The summed E-state index contributed by atoms with van der Waals surface area (Å²) < 4.78 is 0. The van der Waals surface area contributed by atoms with Crippen molar-refractivity contribution in [3.63, 3.8) is 0 Å². The number of amides is 2. The first-order valence-electron chi connectivity index (χ1n) is 5.29. The Balaban J connectivity index is 2.35. The lowest BCUT2D eigenvalue weighted by atomic mass is 10.0. The zero-order valence-corrected chi connectivity index (χ0v) is 9.12. The van der Waals surface area contributed by atoms with Gasteiger partial charge in [0.25, 0.3) is 0 Å². The SMILES string of the molecule is CC(=O)Nc1ccc(C(N)=O)c(C2CC2)c1. The maximum absolute atomic E-state index is 11.2. The predicted molar refractivity (Wildman–Crippen MR) is 61.2 cm³/mol. The minimum absolute atomic E-state index is 0.117. The smallest absolute Gasteiger partial charge is 0.248 e. The van der Waals surface area contributed by atoms with Gasteiger partial charge in [0.15, 0.2) is 0 Å². The number of nitrogens with two attached hydrogens (primary N) is 1. The quantitative estimate of drug-likeness (QED) is 0.809. The van der Waals surface area contributed by atoms with E-state index < -0.39 is 5.91 Å². The fourth-order valence-electron chi connectivity index (χ4n) is 1.80. The maximum atomic E-state index is 11.2. The van der Waals surface area contributed by atoms with Crippen LogP contribution in [-0.2, 0) is 4.79 Å². The molecule has 1 aromatic rings. The zero-order chi connectivity index (χ0) is 11.7. The highest BCUT2D eigenvalue weighted by atomic mass is 16.1. The van der Waals surface area contributed by atoms with Gasteiger partial charge >= 0.3 is 0 Å². The molecule has 2 rings (SSSR count). The van der Waals surface area contributed by atoms with Crippen molar-refractivity contribution in [2.75, 3.05) is 5.32 Å². The molecule has 0 radical (unpaired) electrons. The summed E-state index contributed by atoms with van der Waals surface area (Å²) in [6.45, 7) is 1.46. The Morgan fingerprint density at radius 3 is 2.56 bits per heavy atom. The fraction of sp³-hybridized carbons (Fsp3) is 0.333.